The third-order valence-electron chi connectivity index (χ3n) is 3.96. The molecule has 0 saturated carbocycles. The van der Waals surface area contributed by atoms with Gasteiger partial charge >= 0.3 is 0 Å². The van der Waals surface area contributed by atoms with Crippen LogP contribution in [0.1, 0.15) is 40.1 Å². The molecular formula is C22H22N4O3. The number of carbonyl (C=O) groups excluding carboxylic acids is 2. The molecule has 2 amide bonds. The number of nitrogens with one attached hydrogen (secondary N) is 2. The van der Waals surface area contributed by atoms with Crippen molar-refractivity contribution in [2.45, 2.75) is 26.5 Å². The van der Waals surface area contributed by atoms with E-state index in [1.165, 1.54) is 18.5 Å². The number of nitrogens with zero attached hydrogens (tertiary/aromatic N) is 2. The molecule has 2 N–H and O–H groups in total. The van der Waals surface area contributed by atoms with Crippen LogP contribution in [0, 0.1) is 0 Å². The number of amides is 2. The Morgan fingerprint density at radius 3 is 2.38 bits per heavy atom. The first-order valence-electron chi connectivity index (χ1n) is 9.22. The van der Waals surface area contributed by atoms with Crippen molar-refractivity contribution in [1.29, 1.82) is 0 Å². The van der Waals surface area contributed by atoms with Crippen LogP contribution in [0.15, 0.2) is 67.3 Å². The van der Waals surface area contributed by atoms with Crippen LogP contribution in [0.5, 0.6) is 5.75 Å². The maximum absolute atomic E-state index is 12.7. The van der Waals surface area contributed by atoms with Gasteiger partial charge in [-0.1, -0.05) is 12.1 Å². The minimum absolute atomic E-state index is 0.0258. The van der Waals surface area contributed by atoms with Gasteiger partial charge in [-0.15, -0.1) is 0 Å². The number of rotatable bonds is 7. The Morgan fingerprint density at radius 2 is 1.66 bits per heavy atom. The predicted octanol–water partition coefficient (Wildman–Crippen LogP) is 3.45. The van der Waals surface area contributed by atoms with Gasteiger partial charge in [-0.25, -0.2) is 0 Å². The van der Waals surface area contributed by atoms with Gasteiger partial charge in [0.05, 0.1) is 22.9 Å². The second-order valence-corrected chi connectivity index (χ2v) is 6.62. The third-order valence-corrected chi connectivity index (χ3v) is 3.96. The van der Waals surface area contributed by atoms with E-state index in [0.29, 0.717) is 23.5 Å². The molecule has 0 aliphatic carbocycles. The Labute approximate surface area is 169 Å². The van der Waals surface area contributed by atoms with Crippen LogP contribution in [0.25, 0.3) is 0 Å². The number of ether oxygens (including phenoxy) is 1. The van der Waals surface area contributed by atoms with E-state index in [-0.39, 0.29) is 23.5 Å². The maximum atomic E-state index is 12.7. The van der Waals surface area contributed by atoms with Crippen molar-refractivity contribution in [2.24, 2.45) is 0 Å². The Balaban J connectivity index is 1.69. The first kappa shape index (κ1) is 20.0. The van der Waals surface area contributed by atoms with E-state index < -0.39 is 0 Å². The maximum Gasteiger partial charge on any atom is 0.257 e. The molecule has 0 atom stereocenters. The van der Waals surface area contributed by atoms with Gasteiger partial charge in [0.1, 0.15) is 5.75 Å². The molecule has 0 radical (unpaired) electrons. The van der Waals surface area contributed by atoms with Gasteiger partial charge < -0.3 is 15.4 Å². The second kappa shape index (κ2) is 9.45. The van der Waals surface area contributed by atoms with Crippen molar-refractivity contribution in [3.05, 3.63) is 83.9 Å². The number of aromatic nitrogens is 2. The van der Waals surface area contributed by atoms with Crippen LogP contribution in [0.4, 0.5) is 5.69 Å². The van der Waals surface area contributed by atoms with Crippen molar-refractivity contribution in [2.75, 3.05) is 5.32 Å². The highest BCUT2D eigenvalue weighted by molar-refractivity contribution is 6.06. The van der Waals surface area contributed by atoms with Gasteiger partial charge in [-0.05, 0) is 49.7 Å². The van der Waals surface area contributed by atoms with Gasteiger partial charge in [0, 0.05) is 31.3 Å². The molecule has 0 spiro atoms. The number of para-hydroxylation sites is 2. The lowest BCUT2D eigenvalue weighted by Gasteiger charge is -2.15. The number of pyridine rings is 2. The number of hydrogen-bond acceptors (Lipinski definition) is 5. The van der Waals surface area contributed by atoms with E-state index in [4.69, 9.17) is 4.74 Å². The smallest absolute Gasteiger partial charge is 0.257 e. The topological polar surface area (TPSA) is 93.2 Å². The van der Waals surface area contributed by atoms with Crippen LogP contribution in [0.3, 0.4) is 0 Å². The fraction of sp³-hybridized carbons (Fsp3) is 0.182. The van der Waals surface area contributed by atoms with Gasteiger partial charge in [0.25, 0.3) is 11.8 Å². The van der Waals surface area contributed by atoms with Crippen LogP contribution in [-0.2, 0) is 6.54 Å². The predicted molar refractivity (Wildman–Crippen MR) is 110 cm³/mol. The highest BCUT2D eigenvalue weighted by Crippen LogP contribution is 2.25. The van der Waals surface area contributed by atoms with Crippen molar-refractivity contribution >= 4 is 17.5 Å². The molecule has 2 aromatic heterocycles. The van der Waals surface area contributed by atoms with Gasteiger partial charge in [-0.2, -0.15) is 0 Å². The fourth-order valence-electron chi connectivity index (χ4n) is 2.59. The van der Waals surface area contributed by atoms with E-state index in [0.717, 1.165) is 5.56 Å². The largest absolute Gasteiger partial charge is 0.489 e. The molecule has 2 heterocycles. The Bertz CT molecular complexity index is 990. The molecule has 148 valence electrons. The molecule has 0 fully saturated rings. The van der Waals surface area contributed by atoms with Crippen LogP contribution in [0.2, 0.25) is 0 Å². The molecular weight excluding hydrogens is 368 g/mol. The summed E-state index contributed by atoms with van der Waals surface area (Å²) in [6, 6.07) is 12.3. The summed E-state index contributed by atoms with van der Waals surface area (Å²) >= 11 is 0. The molecule has 1 aromatic carbocycles. The van der Waals surface area contributed by atoms with Gasteiger partial charge in [-0.3, -0.25) is 19.6 Å². The average molecular weight is 390 g/mol. The number of carbonyl (C=O) groups is 2. The van der Waals surface area contributed by atoms with Crippen molar-refractivity contribution < 1.29 is 14.3 Å². The standard InChI is InChI=1S/C22H22N4O3/c1-15(2)29-20-6-4-3-5-19(20)26-22(28)18-11-17(13-24-14-18)21(27)25-12-16-7-9-23-10-8-16/h3-11,13-15H,12H2,1-2H3,(H,25,27)(H,26,28). The summed E-state index contributed by atoms with van der Waals surface area (Å²) in [4.78, 5) is 33.0. The Kier molecular flexibility index (Phi) is 6.52. The molecule has 29 heavy (non-hydrogen) atoms. The monoisotopic (exact) mass is 390 g/mol. The fourth-order valence-corrected chi connectivity index (χ4v) is 2.59. The number of anilines is 1. The molecule has 7 nitrogen and oxygen atoms in total. The lowest BCUT2D eigenvalue weighted by atomic mass is 10.1. The van der Waals surface area contributed by atoms with Crippen molar-refractivity contribution in [3.63, 3.8) is 0 Å². The lowest BCUT2D eigenvalue weighted by molar-refractivity contribution is 0.0950. The minimum Gasteiger partial charge on any atom is -0.489 e. The Morgan fingerprint density at radius 1 is 0.966 bits per heavy atom. The quantitative estimate of drug-likeness (QED) is 0.645. The van der Waals surface area contributed by atoms with E-state index in [2.05, 4.69) is 20.6 Å². The van der Waals surface area contributed by atoms with Crippen LogP contribution in [-0.4, -0.2) is 27.9 Å². The summed E-state index contributed by atoms with van der Waals surface area (Å²) in [5.41, 5.74) is 2.06. The molecule has 3 aromatic rings. The zero-order chi connectivity index (χ0) is 20.6. The molecule has 3 rings (SSSR count). The molecule has 0 bridgehead atoms. The minimum atomic E-state index is -0.374. The molecule has 0 aliphatic rings. The summed E-state index contributed by atoms with van der Waals surface area (Å²) < 4.78 is 5.72. The normalized spacial score (nSPS) is 10.4. The molecule has 0 saturated heterocycles. The zero-order valence-electron chi connectivity index (χ0n) is 16.3. The summed E-state index contributed by atoms with van der Waals surface area (Å²) in [5, 5.41) is 5.62. The Hall–Kier alpha value is -3.74. The van der Waals surface area contributed by atoms with Crippen molar-refractivity contribution in [3.8, 4) is 5.75 Å². The summed E-state index contributed by atoms with van der Waals surface area (Å²) in [6.07, 6.45) is 6.14. The highest BCUT2D eigenvalue weighted by atomic mass is 16.5. The SMILES string of the molecule is CC(C)Oc1ccccc1NC(=O)c1cncc(C(=O)NCc2ccncc2)c1. The lowest BCUT2D eigenvalue weighted by Crippen LogP contribution is -2.23. The molecule has 7 heteroatoms. The second-order valence-electron chi connectivity index (χ2n) is 6.62. The number of hydrogen-bond donors (Lipinski definition) is 2. The molecule has 0 aliphatic heterocycles. The third kappa shape index (κ3) is 5.62. The van der Waals surface area contributed by atoms with E-state index in [1.54, 1.807) is 24.5 Å². The first-order valence-corrected chi connectivity index (χ1v) is 9.22. The molecule has 0 unspecified atom stereocenters. The average Bonchev–Trinajstić information content (AvgIpc) is 2.74. The van der Waals surface area contributed by atoms with E-state index in [1.807, 2.05) is 38.1 Å². The van der Waals surface area contributed by atoms with Crippen molar-refractivity contribution in [1.82, 2.24) is 15.3 Å². The summed E-state index contributed by atoms with van der Waals surface area (Å²) in [6.45, 7) is 4.19. The summed E-state index contributed by atoms with van der Waals surface area (Å²) in [5.74, 6) is -0.108. The highest BCUT2D eigenvalue weighted by Gasteiger charge is 2.14. The summed E-state index contributed by atoms with van der Waals surface area (Å²) in [7, 11) is 0. The van der Waals surface area contributed by atoms with E-state index in [9.17, 15) is 9.59 Å². The van der Waals surface area contributed by atoms with Crippen LogP contribution >= 0.6 is 0 Å². The van der Waals surface area contributed by atoms with Gasteiger partial charge in [0.2, 0.25) is 0 Å². The van der Waals surface area contributed by atoms with Crippen LogP contribution < -0.4 is 15.4 Å². The van der Waals surface area contributed by atoms with E-state index >= 15 is 0 Å². The zero-order valence-corrected chi connectivity index (χ0v) is 16.3. The number of benzene rings is 1. The van der Waals surface area contributed by atoms with Gasteiger partial charge in [0.15, 0.2) is 0 Å². The first-order chi connectivity index (χ1) is 14.0.